The van der Waals surface area contributed by atoms with E-state index in [2.05, 4.69) is 0 Å². The first-order chi connectivity index (χ1) is 10.1. The standard InChI is InChI=1S/C16H18N2O2S/c17-12-16-15-9-5-4-6-13(15)10-11-18(16)21(19,20)14-7-2-1-3-8-14/h1-9,16H,10-12,17H2/t16-/m0/s1. The highest BCUT2D eigenvalue weighted by atomic mass is 32.2. The van der Waals surface area contributed by atoms with Crippen LogP contribution in [0, 0.1) is 0 Å². The molecule has 1 aliphatic heterocycles. The van der Waals surface area contributed by atoms with Crippen LogP contribution in [-0.4, -0.2) is 25.8 Å². The molecule has 3 rings (SSSR count). The van der Waals surface area contributed by atoms with Crippen LogP contribution < -0.4 is 5.73 Å². The van der Waals surface area contributed by atoms with Crippen LogP contribution in [0.25, 0.3) is 0 Å². The average molecular weight is 302 g/mol. The molecule has 0 saturated heterocycles. The SMILES string of the molecule is NC[C@H]1c2ccccc2CCN1S(=O)(=O)c1ccccc1. The molecule has 2 N–H and O–H groups in total. The van der Waals surface area contributed by atoms with Crippen molar-refractivity contribution in [3.8, 4) is 0 Å². The van der Waals surface area contributed by atoms with Gasteiger partial charge in [0.1, 0.15) is 0 Å². The van der Waals surface area contributed by atoms with Crippen LogP contribution in [-0.2, 0) is 16.4 Å². The van der Waals surface area contributed by atoms with Crippen molar-refractivity contribution in [2.24, 2.45) is 5.73 Å². The van der Waals surface area contributed by atoms with Crippen LogP contribution in [0.2, 0.25) is 0 Å². The van der Waals surface area contributed by atoms with Crippen molar-refractivity contribution in [1.29, 1.82) is 0 Å². The number of hydrogen-bond acceptors (Lipinski definition) is 3. The van der Waals surface area contributed by atoms with Gasteiger partial charge in [0.25, 0.3) is 0 Å². The fourth-order valence-corrected chi connectivity index (χ4v) is 4.53. The minimum absolute atomic E-state index is 0.281. The van der Waals surface area contributed by atoms with Gasteiger partial charge in [0.2, 0.25) is 10.0 Å². The van der Waals surface area contributed by atoms with Crippen molar-refractivity contribution in [3.05, 3.63) is 65.7 Å². The van der Waals surface area contributed by atoms with Crippen molar-refractivity contribution >= 4 is 10.0 Å². The Morgan fingerprint density at radius 1 is 1.05 bits per heavy atom. The minimum Gasteiger partial charge on any atom is -0.329 e. The Kier molecular flexibility index (Phi) is 3.80. The molecule has 2 aromatic carbocycles. The lowest BCUT2D eigenvalue weighted by molar-refractivity contribution is 0.313. The van der Waals surface area contributed by atoms with E-state index in [-0.39, 0.29) is 12.6 Å². The predicted molar refractivity (Wildman–Crippen MR) is 82.3 cm³/mol. The second kappa shape index (κ2) is 5.60. The van der Waals surface area contributed by atoms with E-state index in [4.69, 9.17) is 5.73 Å². The maximum Gasteiger partial charge on any atom is 0.243 e. The fraction of sp³-hybridized carbons (Fsp3) is 0.250. The summed E-state index contributed by atoms with van der Waals surface area (Å²) in [5.41, 5.74) is 8.08. The van der Waals surface area contributed by atoms with Gasteiger partial charge >= 0.3 is 0 Å². The van der Waals surface area contributed by atoms with Crippen molar-refractivity contribution in [2.45, 2.75) is 17.4 Å². The number of nitrogens with two attached hydrogens (primary N) is 1. The van der Waals surface area contributed by atoms with Crippen LogP contribution in [0.15, 0.2) is 59.5 Å². The highest BCUT2D eigenvalue weighted by Gasteiger charge is 2.35. The molecule has 0 saturated carbocycles. The number of benzene rings is 2. The number of hydrogen-bond donors (Lipinski definition) is 1. The topological polar surface area (TPSA) is 63.4 Å². The molecule has 1 atom stereocenters. The summed E-state index contributed by atoms with van der Waals surface area (Å²) in [7, 11) is -3.51. The molecule has 2 aromatic rings. The Balaban J connectivity index is 2.04. The van der Waals surface area contributed by atoms with E-state index in [0.29, 0.717) is 11.4 Å². The van der Waals surface area contributed by atoms with Gasteiger partial charge in [0.15, 0.2) is 0 Å². The zero-order valence-electron chi connectivity index (χ0n) is 11.6. The third-order valence-corrected chi connectivity index (χ3v) is 5.86. The Labute approximate surface area is 125 Å². The summed E-state index contributed by atoms with van der Waals surface area (Å²) in [6, 6.07) is 16.2. The molecule has 21 heavy (non-hydrogen) atoms. The summed E-state index contributed by atoms with van der Waals surface area (Å²) in [6.45, 7) is 0.749. The van der Waals surface area contributed by atoms with E-state index < -0.39 is 10.0 Å². The van der Waals surface area contributed by atoms with E-state index in [1.54, 1.807) is 24.3 Å². The van der Waals surface area contributed by atoms with Gasteiger partial charge in [-0.2, -0.15) is 4.31 Å². The van der Waals surface area contributed by atoms with Gasteiger partial charge < -0.3 is 5.73 Å². The van der Waals surface area contributed by atoms with Crippen LogP contribution in [0.5, 0.6) is 0 Å². The first-order valence-corrected chi connectivity index (χ1v) is 8.43. The lowest BCUT2D eigenvalue weighted by Gasteiger charge is -2.35. The smallest absolute Gasteiger partial charge is 0.243 e. The fourth-order valence-electron chi connectivity index (χ4n) is 2.89. The molecule has 0 aromatic heterocycles. The van der Waals surface area contributed by atoms with Gasteiger partial charge in [-0.1, -0.05) is 42.5 Å². The molecular formula is C16H18N2O2S. The first-order valence-electron chi connectivity index (χ1n) is 6.99. The van der Waals surface area contributed by atoms with Gasteiger partial charge in [0, 0.05) is 13.1 Å². The van der Waals surface area contributed by atoms with Crippen LogP contribution in [0.4, 0.5) is 0 Å². The summed E-state index contributed by atoms with van der Waals surface area (Å²) in [5.74, 6) is 0. The van der Waals surface area contributed by atoms with Crippen molar-refractivity contribution in [2.75, 3.05) is 13.1 Å². The molecule has 4 nitrogen and oxygen atoms in total. The van der Waals surface area contributed by atoms with Gasteiger partial charge in [-0.15, -0.1) is 0 Å². The summed E-state index contributed by atoms with van der Waals surface area (Å²) < 4.78 is 27.2. The van der Waals surface area contributed by atoms with Gasteiger partial charge in [-0.3, -0.25) is 0 Å². The molecule has 0 amide bonds. The summed E-state index contributed by atoms with van der Waals surface area (Å²) in [5, 5.41) is 0. The van der Waals surface area contributed by atoms with E-state index in [9.17, 15) is 8.42 Å². The highest BCUT2D eigenvalue weighted by molar-refractivity contribution is 7.89. The molecule has 0 aliphatic carbocycles. The van der Waals surface area contributed by atoms with E-state index in [1.165, 1.54) is 9.87 Å². The summed E-state index contributed by atoms with van der Waals surface area (Å²) >= 11 is 0. The lowest BCUT2D eigenvalue weighted by Crippen LogP contribution is -2.43. The summed E-state index contributed by atoms with van der Waals surface area (Å²) in [6.07, 6.45) is 0.721. The number of fused-ring (bicyclic) bond motifs is 1. The third-order valence-electron chi connectivity index (χ3n) is 3.94. The van der Waals surface area contributed by atoms with E-state index in [0.717, 1.165) is 12.0 Å². The average Bonchev–Trinajstić information content (AvgIpc) is 2.54. The quantitative estimate of drug-likeness (QED) is 0.942. The van der Waals surface area contributed by atoms with E-state index in [1.807, 2.05) is 30.3 Å². The second-order valence-corrected chi connectivity index (χ2v) is 7.02. The summed E-state index contributed by atoms with van der Waals surface area (Å²) in [4.78, 5) is 0.322. The second-order valence-electron chi connectivity index (χ2n) is 5.13. The van der Waals surface area contributed by atoms with Gasteiger partial charge in [-0.05, 0) is 29.7 Å². The minimum atomic E-state index is -3.51. The number of sulfonamides is 1. The zero-order valence-corrected chi connectivity index (χ0v) is 12.5. The lowest BCUT2D eigenvalue weighted by atomic mass is 9.94. The van der Waals surface area contributed by atoms with Crippen LogP contribution in [0.1, 0.15) is 17.2 Å². The number of nitrogens with zero attached hydrogens (tertiary/aromatic N) is 1. The molecule has 1 heterocycles. The Hall–Kier alpha value is -1.69. The third kappa shape index (κ3) is 2.48. The molecule has 5 heteroatoms. The molecule has 0 fully saturated rings. The monoisotopic (exact) mass is 302 g/mol. The maximum absolute atomic E-state index is 12.8. The van der Waals surface area contributed by atoms with Crippen molar-refractivity contribution in [1.82, 2.24) is 4.31 Å². The molecule has 110 valence electrons. The molecule has 0 spiro atoms. The van der Waals surface area contributed by atoms with Crippen LogP contribution >= 0.6 is 0 Å². The normalized spacial score (nSPS) is 19.2. The maximum atomic E-state index is 12.8. The van der Waals surface area contributed by atoms with Gasteiger partial charge in [0.05, 0.1) is 10.9 Å². The molecule has 0 bridgehead atoms. The van der Waals surface area contributed by atoms with Crippen molar-refractivity contribution < 1.29 is 8.42 Å². The Morgan fingerprint density at radius 3 is 2.43 bits per heavy atom. The Morgan fingerprint density at radius 2 is 1.71 bits per heavy atom. The molecule has 1 aliphatic rings. The van der Waals surface area contributed by atoms with Crippen LogP contribution in [0.3, 0.4) is 0 Å². The molecule has 0 radical (unpaired) electrons. The zero-order chi connectivity index (χ0) is 14.9. The molecule has 0 unspecified atom stereocenters. The first kappa shape index (κ1) is 14.3. The largest absolute Gasteiger partial charge is 0.329 e. The highest BCUT2D eigenvalue weighted by Crippen LogP contribution is 2.33. The number of rotatable bonds is 3. The Bertz CT molecular complexity index is 729. The predicted octanol–water partition coefficient (Wildman–Crippen LogP) is 1.93. The van der Waals surface area contributed by atoms with Gasteiger partial charge in [-0.25, -0.2) is 8.42 Å². The molecular weight excluding hydrogens is 284 g/mol. The van der Waals surface area contributed by atoms with Crippen molar-refractivity contribution in [3.63, 3.8) is 0 Å². The van der Waals surface area contributed by atoms with E-state index >= 15 is 0 Å².